The molecule has 0 radical (unpaired) electrons. The van der Waals surface area contributed by atoms with E-state index in [1.807, 2.05) is 0 Å². The average molecular weight is 406 g/mol. The van der Waals surface area contributed by atoms with Gasteiger partial charge >= 0.3 is 23.7 Å². The number of esters is 2. The second kappa shape index (κ2) is 7.30. The Morgan fingerprint density at radius 3 is 1.83 bits per heavy atom. The first-order valence-electron chi connectivity index (χ1n) is 7.61. The van der Waals surface area contributed by atoms with Crippen LogP contribution in [0.15, 0.2) is 37.5 Å². The second-order valence-corrected chi connectivity index (χ2v) is 5.28. The summed E-state index contributed by atoms with van der Waals surface area (Å²) in [4.78, 5) is 44.7. The Bertz CT molecular complexity index is 1130. The zero-order chi connectivity index (χ0) is 21.3. The van der Waals surface area contributed by atoms with Crippen LogP contribution < -0.4 is 0 Å². The van der Waals surface area contributed by atoms with Crippen molar-refractivity contribution in [3.8, 4) is 22.8 Å². The Hall–Kier alpha value is -4.42. The maximum Gasteiger partial charge on any atom is 0.433 e. The standard InChI is InChI=1S/C16H10N2O11/c1-25-15(19)12-11(7-3-5-9(27-7)17(21)22)13(29-14(12)16(20)26-2)8-4-6-10(28-8)18(23)24/h3-6H,1-2H3. The molecule has 29 heavy (non-hydrogen) atoms. The smallest absolute Gasteiger partial charge is 0.433 e. The van der Waals surface area contributed by atoms with Crippen molar-refractivity contribution in [2.45, 2.75) is 0 Å². The lowest BCUT2D eigenvalue weighted by Gasteiger charge is -2.01. The molecule has 0 aliphatic carbocycles. The fourth-order valence-corrected chi connectivity index (χ4v) is 2.48. The number of hydrogen-bond acceptors (Lipinski definition) is 11. The van der Waals surface area contributed by atoms with E-state index in [4.69, 9.17) is 13.3 Å². The highest BCUT2D eigenvalue weighted by atomic mass is 16.7. The molecule has 13 heteroatoms. The third-order valence-electron chi connectivity index (χ3n) is 3.68. The zero-order valence-electron chi connectivity index (χ0n) is 14.7. The lowest BCUT2D eigenvalue weighted by atomic mass is 10.0. The molecule has 0 amide bonds. The molecule has 150 valence electrons. The normalized spacial score (nSPS) is 10.6. The van der Waals surface area contributed by atoms with Gasteiger partial charge < -0.3 is 22.7 Å². The molecule has 0 unspecified atom stereocenters. The van der Waals surface area contributed by atoms with Gasteiger partial charge in [-0.25, -0.2) is 9.59 Å². The van der Waals surface area contributed by atoms with E-state index < -0.39 is 44.9 Å². The Morgan fingerprint density at radius 2 is 1.34 bits per heavy atom. The van der Waals surface area contributed by atoms with Crippen LogP contribution in [0.5, 0.6) is 0 Å². The van der Waals surface area contributed by atoms with Crippen LogP contribution in [0.4, 0.5) is 11.8 Å². The maximum absolute atomic E-state index is 12.3. The van der Waals surface area contributed by atoms with Crippen LogP contribution >= 0.6 is 0 Å². The Kier molecular flexibility index (Phi) is 4.87. The first-order valence-corrected chi connectivity index (χ1v) is 7.61. The molecule has 3 aromatic heterocycles. The van der Waals surface area contributed by atoms with Gasteiger partial charge in [0.05, 0.1) is 31.9 Å². The lowest BCUT2D eigenvalue weighted by molar-refractivity contribution is -0.402. The van der Waals surface area contributed by atoms with E-state index >= 15 is 0 Å². The van der Waals surface area contributed by atoms with Gasteiger partial charge in [0, 0.05) is 0 Å². The lowest BCUT2D eigenvalue weighted by Crippen LogP contribution is -2.10. The van der Waals surface area contributed by atoms with E-state index in [0.29, 0.717) is 0 Å². The Balaban J connectivity index is 2.34. The number of nitrogens with zero attached hydrogens (tertiary/aromatic N) is 2. The third kappa shape index (κ3) is 3.31. The van der Waals surface area contributed by atoms with Crippen LogP contribution in [0.1, 0.15) is 20.9 Å². The van der Waals surface area contributed by atoms with E-state index in [1.165, 1.54) is 0 Å². The van der Waals surface area contributed by atoms with E-state index in [-0.39, 0.29) is 22.8 Å². The second-order valence-electron chi connectivity index (χ2n) is 5.28. The van der Waals surface area contributed by atoms with E-state index in [2.05, 4.69) is 9.47 Å². The molecular weight excluding hydrogens is 396 g/mol. The molecule has 0 fully saturated rings. The van der Waals surface area contributed by atoms with Crippen LogP contribution in [0.3, 0.4) is 0 Å². The van der Waals surface area contributed by atoms with Crippen molar-refractivity contribution >= 4 is 23.7 Å². The molecule has 0 saturated carbocycles. The summed E-state index contributed by atoms with van der Waals surface area (Å²) in [5, 5.41) is 21.8. The molecular formula is C16H10N2O11. The highest BCUT2D eigenvalue weighted by Crippen LogP contribution is 2.42. The summed E-state index contributed by atoms with van der Waals surface area (Å²) in [6.45, 7) is 0. The fraction of sp³-hybridized carbons (Fsp3) is 0.125. The summed E-state index contributed by atoms with van der Waals surface area (Å²) in [5.74, 6) is -4.85. The number of furan rings is 3. The van der Waals surface area contributed by atoms with Crippen LogP contribution in [0, 0.1) is 20.2 Å². The monoisotopic (exact) mass is 406 g/mol. The Morgan fingerprint density at radius 1 is 0.828 bits per heavy atom. The average Bonchev–Trinajstić information content (AvgIpc) is 3.43. The summed E-state index contributed by atoms with van der Waals surface area (Å²) < 4.78 is 24.8. The number of rotatable bonds is 6. The molecule has 13 nitrogen and oxygen atoms in total. The summed E-state index contributed by atoms with van der Waals surface area (Å²) in [5.41, 5.74) is -0.702. The quantitative estimate of drug-likeness (QED) is 0.333. The summed E-state index contributed by atoms with van der Waals surface area (Å²) in [6.07, 6.45) is 0. The van der Waals surface area contributed by atoms with Crippen molar-refractivity contribution in [3.63, 3.8) is 0 Å². The molecule has 0 N–H and O–H groups in total. The highest BCUT2D eigenvalue weighted by molar-refractivity contribution is 6.08. The Labute approximate surface area is 159 Å². The predicted octanol–water partition coefficient (Wildman–Crippen LogP) is 3.19. The van der Waals surface area contributed by atoms with Crippen LogP contribution in [-0.2, 0) is 9.47 Å². The summed E-state index contributed by atoms with van der Waals surface area (Å²) >= 11 is 0. The molecule has 3 rings (SSSR count). The highest BCUT2D eigenvalue weighted by Gasteiger charge is 2.36. The largest absolute Gasteiger partial charge is 0.465 e. The SMILES string of the molecule is COC(=O)c1oc(-c2ccc([N+](=O)[O-])o2)c(-c2ccc([N+](=O)[O-])o2)c1C(=O)OC. The minimum absolute atomic E-state index is 0.241. The number of hydrogen-bond donors (Lipinski definition) is 0. The van der Waals surface area contributed by atoms with Crippen molar-refractivity contribution in [3.05, 3.63) is 55.8 Å². The molecule has 3 aromatic rings. The number of ether oxygens (including phenoxy) is 2. The first kappa shape index (κ1) is 19.3. The van der Waals surface area contributed by atoms with Gasteiger partial charge in [0.25, 0.3) is 0 Å². The van der Waals surface area contributed by atoms with E-state index in [0.717, 1.165) is 38.5 Å². The van der Waals surface area contributed by atoms with Crippen LogP contribution in [-0.4, -0.2) is 36.0 Å². The zero-order valence-corrected chi connectivity index (χ0v) is 14.7. The fourth-order valence-electron chi connectivity index (χ4n) is 2.48. The van der Waals surface area contributed by atoms with Crippen LogP contribution in [0.25, 0.3) is 22.8 Å². The molecule has 0 saturated heterocycles. The summed E-state index contributed by atoms with van der Waals surface area (Å²) in [7, 11) is 2.06. The van der Waals surface area contributed by atoms with Gasteiger partial charge in [0.15, 0.2) is 11.5 Å². The van der Waals surface area contributed by atoms with Gasteiger partial charge in [0.1, 0.15) is 21.2 Å². The van der Waals surface area contributed by atoms with Crippen molar-refractivity contribution < 1.29 is 42.2 Å². The van der Waals surface area contributed by atoms with Gasteiger partial charge in [0.2, 0.25) is 5.76 Å². The van der Waals surface area contributed by atoms with Crippen molar-refractivity contribution in [1.82, 2.24) is 0 Å². The number of nitro groups is 2. The minimum Gasteiger partial charge on any atom is -0.465 e. The van der Waals surface area contributed by atoms with Gasteiger partial charge in [-0.05, 0) is 12.1 Å². The molecule has 3 heterocycles. The van der Waals surface area contributed by atoms with Gasteiger partial charge in [-0.2, -0.15) is 0 Å². The summed E-state index contributed by atoms with van der Waals surface area (Å²) in [6, 6.07) is 4.33. The minimum atomic E-state index is -1.07. The van der Waals surface area contributed by atoms with Crippen LogP contribution in [0.2, 0.25) is 0 Å². The van der Waals surface area contributed by atoms with E-state index in [9.17, 15) is 29.8 Å². The molecule has 0 bridgehead atoms. The van der Waals surface area contributed by atoms with Gasteiger partial charge in [-0.3, -0.25) is 20.2 Å². The van der Waals surface area contributed by atoms with Gasteiger partial charge in [-0.1, -0.05) is 0 Å². The molecule has 0 atom stereocenters. The molecule has 0 aromatic carbocycles. The topological polar surface area (TPSA) is 178 Å². The van der Waals surface area contributed by atoms with Crippen molar-refractivity contribution in [2.24, 2.45) is 0 Å². The maximum atomic E-state index is 12.3. The molecule has 0 aliphatic rings. The first-order chi connectivity index (χ1) is 13.8. The number of carbonyl (C=O) groups excluding carboxylic acids is 2. The molecule has 0 aliphatic heterocycles. The van der Waals surface area contributed by atoms with Crippen molar-refractivity contribution in [2.75, 3.05) is 14.2 Å². The number of carbonyl (C=O) groups is 2. The van der Waals surface area contributed by atoms with Crippen molar-refractivity contribution in [1.29, 1.82) is 0 Å². The van der Waals surface area contributed by atoms with Gasteiger partial charge in [-0.15, -0.1) is 0 Å². The number of methoxy groups -OCH3 is 2. The predicted molar refractivity (Wildman–Crippen MR) is 90.1 cm³/mol. The molecule has 0 spiro atoms. The third-order valence-corrected chi connectivity index (χ3v) is 3.68. The van der Waals surface area contributed by atoms with E-state index in [1.54, 1.807) is 0 Å².